The lowest BCUT2D eigenvalue weighted by molar-refractivity contribution is -0.126. The molecule has 1 aliphatic rings. The van der Waals surface area contributed by atoms with Gasteiger partial charge >= 0.3 is 0 Å². The summed E-state index contributed by atoms with van der Waals surface area (Å²) in [5, 5.41) is 7.99. The molecule has 2 heterocycles. The van der Waals surface area contributed by atoms with Crippen molar-refractivity contribution < 1.29 is 9.59 Å². The van der Waals surface area contributed by atoms with Crippen LogP contribution in [-0.4, -0.2) is 46.1 Å². The van der Waals surface area contributed by atoms with Gasteiger partial charge in [-0.15, -0.1) is 0 Å². The standard InChI is InChI=1S/C20H24Cl2N4O2/c1-14-11-24-26(12-14)9-3-7-23-19(27)16-4-2-8-25(13-16)20(28)15-5-6-17(21)18(22)10-15/h5-6,10-12,16H,2-4,7-9,13H2,1H3,(H,23,27). The fourth-order valence-corrected chi connectivity index (χ4v) is 3.67. The van der Waals surface area contributed by atoms with E-state index in [9.17, 15) is 9.59 Å². The lowest BCUT2D eigenvalue weighted by Gasteiger charge is -2.32. The molecule has 1 N–H and O–H groups in total. The molecule has 8 heteroatoms. The fourth-order valence-electron chi connectivity index (χ4n) is 3.37. The molecular weight excluding hydrogens is 399 g/mol. The summed E-state index contributed by atoms with van der Waals surface area (Å²) < 4.78 is 1.87. The Hall–Kier alpha value is -2.05. The number of rotatable bonds is 6. The van der Waals surface area contributed by atoms with Gasteiger partial charge in [0, 0.05) is 37.9 Å². The van der Waals surface area contributed by atoms with Crippen LogP contribution in [0.25, 0.3) is 0 Å². The van der Waals surface area contributed by atoms with Crippen LogP contribution in [-0.2, 0) is 11.3 Å². The van der Waals surface area contributed by atoms with E-state index < -0.39 is 0 Å². The van der Waals surface area contributed by atoms with E-state index in [0.717, 1.165) is 31.4 Å². The van der Waals surface area contributed by atoms with Crippen molar-refractivity contribution in [1.82, 2.24) is 20.0 Å². The largest absolute Gasteiger partial charge is 0.356 e. The molecule has 1 saturated heterocycles. The van der Waals surface area contributed by atoms with Gasteiger partial charge in [-0.25, -0.2) is 0 Å². The number of aromatic nitrogens is 2. The summed E-state index contributed by atoms with van der Waals surface area (Å²) in [5.41, 5.74) is 1.61. The number of aryl methyl sites for hydroxylation is 2. The highest BCUT2D eigenvalue weighted by atomic mass is 35.5. The Bertz CT molecular complexity index is 852. The molecule has 0 bridgehead atoms. The first-order chi connectivity index (χ1) is 13.4. The first-order valence-electron chi connectivity index (χ1n) is 9.45. The van der Waals surface area contributed by atoms with Crippen LogP contribution in [0.5, 0.6) is 0 Å². The van der Waals surface area contributed by atoms with E-state index in [-0.39, 0.29) is 17.7 Å². The minimum absolute atomic E-state index is 0.00304. The number of halogens is 2. The minimum Gasteiger partial charge on any atom is -0.356 e. The van der Waals surface area contributed by atoms with Gasteiger partial charge in [-0.1, -0.05) is 23.2 Å². The Morgan fingerprint density at radius 2 is 2.11 bits per heavy atom. The maximum Gasteiger partial charge on any atom is 0.253 e. The molecule has 0 radical (unpaired) electrons. The summed E-state index contributed by atoms with van der Waals surface area (Å²) in [6.45, 7) is 4.42. The van der Waals surface area contributed by atoms with E-state index in [2.05, 4.69) is 10.4 Å². The molecule has 6 nitrogen and oxygen atoms in total. The highest BCUT2D eigenvalue weighted by molar-refractivity contribution is 6.42. The van der Waals surface area contributed by atoms with E-state index in [1.54, 1.807) is 23.1 Å². The van der Waals surface area contributed by atoms with Crippen molar-refractivity contribution in [3.8, 4) is 0 Å². The van der Waals surface area contributed by atoms with E-state index in [4.69, 9.17) is 23.2 Å². The predicted octanol–water partition coefficient (Wildman–Crippen LogP) is 3.56. The van der Waals surface area contributed by atoms with Crippen molar-refractivity contribution >= 4 is 35.0 Å². The molecule has 1 aromatic heterocycles. The second kappa shape index (κ2) is 9.43. The van der Waals surface area contributed by atoms with Gasteiger partial charge in [-0.3, -0.25) is 14.3 Å². The third kappa shape index (κ3) is 5.26. The van der Waals surface area contributed by atoms with Gasteiger partial charge < -0.3 is 10.2 Å². The van der Waals surface area contributed by atoms with Crippen molar-refractivity contribution in [3.05, 3.63) is 51.8 Å². The zero-order valence-corrected chi connectivity index (χ0v) is 17.3. The van der Waals surface area contributed by atoms with E-state index >= 15 is 0 Å². The van der Waals surface area contributed by atoms with E-state index in [1.165, 1.54) is 0 Å². The van der Waals surface area contributed by atoms with Crippen LogP contribution < -0.4 is 5.32 Å². The molecule has 0 spiro atoms. The molecule has 2 aromatic rings. The van der Waals surface area contributed by atoms with Gasteiger partial charge in [-0.2, -0.15) is 5.10 Å². The van der Waals surface area contributed by atoms with Gasteiger partial charge in [0.25, 0.3) is 5.91 Å². The van der Waals surface area contributed by atoms with Gasteiger partial charge in [0.15, 0.2) is 0 Å². The average Bonchev–Trinajstić information content (AvgIpc) is 3.12. The summed E-state index contributed by atoms with van der Waals surface area (Å²) in [5.74, 6) is -0.305. The van der Waals surface area contributed by atoms with Crippen LogP contribution in [0.3, 0.4) is 0 Å². The highest BCUT2D eigenvalue weighted by Crippen LogP contribution is 2.25. The third-order valence-corrected chi connectivity index (χ3v) is 5.61. The number of nitrogens with one attached hydrogen (secondary N) is 1. The number of piperidine rings is 1. The van der Waals surface area contributed by atoms with Crippen LogP contribution in [0, 0.1) is 12.8 Å². The zero-order valence-electron chi connectivity index (χ0n) is 15.8. The van der Waals surface area contributed by atoms with Crippen LogP contribution in [0.1, 0.15) is 35.2 Å². The molecule has 28 heavy (non-hydrogen) atoms. The highest BCUT2D eigenvalue weighted by Gasteiger charge is 2.28. The Morgan fingerprint density at radius 1 is 1.29 bits per heavy atom. The molecule has 1 atom stereocenters. The number of carbonyl (C=O) groups is 2. The van der Waals surface area contributed by atoms with Crippen molar-refractivity contribution in [2.45, 2.75) is 32.7 Å². The summed E-state index contributed by atoms with van der Waals surface area (Å²) >= 11 is 11.9. The number of amides is 2. The van der Waals surface area contributed by atoms with Crippen molar-refractivity contribution in [3.63, 3.8) is 0 Å². The van der Waals surface area contributed by atoms with Crippen molar-refractivity contribution in [2.75, 3.05) is 19.6 Å². The second-order valence-electron chi connectivity index (χ2n) is 7.14. The number of hydrogen-bond acceptors (Lipinski definition) is 3. The minimum atomic E-state index is -0.188. The first-order valence-corrected chi connectivity index (χ1v) is 10.2. The molecule has 2 amide bonds. The molecular formula is C20H24Cl2N4O2. The fraction of sp³-hybridized carbons (Fsp3) is 0.450. The Balaban J connectivity index is 1.48. The molecule has 3 rings (SSSR count). The number of likely N-dealkylation sites (tertiary alicyclic amines) is 1. The molecule has 150 valence electrons. The first kappa shape index (κ1) is 20.7. The van der Waals surface area contributed by atoms with Gasteiger partial charge in [0.2, 0.25) is 5.91 Å². The molecule has 1 unspecified atom stereocenters. The summed E-state index contributed by atoms with van der Waals surface area (Å²) in [6, 6.07) is 4.86. The smallest absolute Gasteiger partial charge is 0.253 e. The Kier molecular flexibility index (Phi) is 6.97. The van der Waals surface area contributed by atoms with Crippen LogP contribution in [0.15, 0.2) is 30.6 Å². The van der Waals surface area contributed by atoms with Crippen molar-refractivity contribution in [1.29, 1.82) is 0 Å². The average molecular weight is 423 g/mol. The van der Waals surface area contributed by atoms with Gasteiger partial charge in [-0.05, 0) is 49.9 Å². The molecule has 0 aliphatic carbocycles. The summed E-state index contributed by atoms with van der Waals surface area (Å²) in [4.78, 5) is 27.0. The quantitative estimate of drug-likeness (QED) is 0.723. The van der Waals surface area contributed by atoms with E-state index in [0.29, 0.717) is 35.2 Å². The number of carbonyl (C=O) groups excluding carboxylic acids is 2. The maximum absolute atomic E-state index is 12.7. The SMILES string of the molecule is Cc1cnn(CCCNC(=O)C2CCCN(C(=O)c3ccc(Cl)c(Cl)c3)C2)c1. The van der Waals surface area contributed by atoms with E-state index in [1.807, 2.05) is 24.0 Å². The molecule has 0 saturated carbocycles. The van der Waals surface area contributed by atoms with Gasteiger partial charge in [0.05, 0.1) is 22.2 Å². The Morgan fingerprint density at radius 3 is 2.82 bits per heavy atom. The molecule has 1 aromatic carbocycles. The molecule has 1 aliphatic heterocycles. The number of benzene rings is 1. The molecule has 1 fully saturated rings. The monoisotopic (exact) mass is 422 g/mol. The van der Waals surface area contributed by atoms with Crippen LogP contribution in [0.2, 0.25) is 10.0 Å². The van der Waals surface area contributed by atoms with Gasteiger partial charge in [0.1, 0.15) is 0 Å². The number of nitrogens with zero attached hydrogens (tertiary/aromatic N) is 3. The normalized spacial score (nSPS) is 16.8. The predicted molar refractivity (Wildman–Crippen MR) is 110 cm³/mol. The number of hydrogen-bond donors (Lipinski definition) is 1. The summed E-state index contributed by atoms with van der Waals surface area (Å²) in [7, 11) is 0. The Labute approximate surface area is 174 Å². The van der Waals surface area contributed by atoms with Crippen molar-refractivity contribution in [2.24, 2.45) is 5.92 Å². The second-order valence-corrected chi connectivity index (χ2v) is 7.96. The lowest BCUT2D eigenvalue weighted by Crippen LogP contribution is -2.45. The topological polar surface area (TPSA) is 67.2 Å². The lowest BCUT2D eigenvalue weighted by atomic mass is 9.96. The maximum atomic E-state index is 12.7. The van der Waals surface area contributed by atoms with Crippen LogP contribution >= 0.6 is 23.2 Å². The third-order valence-electron chi connectivity index (χ3n) is 4.87. The summed E-state index contributed by atoms with van der Waals surface area (Å²) in [6.07, 6.45) is 6.20. The van der Waals surface area contributed by atoms with Crippen LogP contribution in [0.4, 0.5) is 0 Å². The zero-order chi connectivity index (χ0) is 20.1.